The maximum atomic E-state index is 12.9. The van der Waals surface area contributed by atoms with E-state index in [4.69, 9.17) is 4.74 Å². The van der Waals surface area contributed by atoms with Crippen molar-refractivity contribution in [1.29, 1.82) is 0 Å². The first-order valence-corrected chi connectivity index (χ1v) is 7.76. The SMILES string of the molecule is Cc1ccc2nc(C)c(C(=O)N3CC(C)OCC3C)cc2c1. The van der Waals surface area contributed by atoms with Gasteiger partial charge < -0.3 is 9.64 Å². The minimum Gasteiger partial charge on any atom is -0.375 e. The molecule has 1 aliphatic rings. The second-order valence-electron chi connectivity index (χ2n) is 6.27. The molecule has 0 N–H and O–H groups in total. The van der Waals surface area contributed by atoms with Gasteiger partial charge in [-0.25, -0.2) is 0 Å². The van der Waals surface area contributed by atoms with E-state index in [0.29, 0.717) is 18.7 Å². The fourth-order valence-corrected chi connectivity index (χ4v) is 2.95. The fourth-order valence-electron chi connectivity index (χ4n) is 2.95. The molecule has 3 rings (SSSR count). The van der Waals surface area contributed by atoms with Crippen LogP contribution in [0.1, 0.15) is 35.5 Å². The molecule has 1 amide bonds. The fraction of sp³-hybridized carbons (Fsp3) is 0.444. The van der Waals surface area contributed by atoms with E-state index in [9.17, 15) is 4.79 Å². The van der Waals surface area contributed by atoms with Crippen LogP contribution in [0.4, 0.5) is 0 Å². The number of morpholine rings is 1. The number of carbonyl (C=O) groups is 1. The lowest BCUT2D eigenvalue weighted by molar-refractivity contribution is -0.0387. The normalized spacial score (nSPS) is 22.1. The number of ether oxygens (including phenoxy) is 1. The van der Waals surface area contributed by atoms with Gasteiger partial charge in [0.05, 0.1) is 35.5 Å². The van der Waals surface area contributed by atoms with Gasteiger partial charge in [-0.3, -0.25) is 9.78 Å². The summed E-state index contributed by atoms with van der Waals surface area (Å²) < 4.78 is 5.61. The first kappa shape index (κ1) is 15.0. The summed E-state index contributed by atoms with van der Waals surface area (Å²) in [5, 5.41) is 1.02. The van der Waals surface area contributed by atoms with E-state index in [2.05, 4.69) is 11.1 Å². The second-order valence-corrected chi connectivity index (χ2v) is 6.27. The molecular formula is C18H22N2O2. The molecule has 0 bridgehead atoms. The van der Waals surface area contributed by atoms with Crippen LogP contribution in [0, 0.1) is 13.8 Å². The van der Waals surface area contributed by atoms with Crippen LogP contribution in [0.25, 0.3) is 10.9 Å². The average Bonchev–Trinajstić information content (AvgIpc) is 2.49. The number of amides is 1. The summed E-state index contributed by atoms with van der Waals surface area (Å²) in [6.45, 7) is 9.20. The first-order chi connectivity index (χ1) is 10.5. The summed E-state index contributed by atoms with van der Waals surface area (Å²) in [4.78, 5) is 19.4. The number of aromatic nitrogens is 1. The highest BCUT2D eigenvalue weighted by Crippen LogP contribution is 2.21. The van der Waals surface area contributed by atoms with Gasteiger partial charge in [0, 0.05) is 11.9 Å². The van der Waals surface area contributed by atoms with Crippen molar-refractivity contribution in [3.05, 3.63) is 41.1 Å². The summed E-state index contributed by atoms with van der Waals surface area (Å²) >= 11 is 0. The van der Waals surface area contributed by atoms with Gasteiger partial charge in [-0.05, 0) is 45.9 Å². The number of benzene rings is 1. The van der Waals surface area contributed by atoms with E-state index < -0.39 is 0 Å². The third kappa shape index (κ3) is 2.71. The Bertz CT molecular complexity index is 726. The number of aryl methyl sites for hydroxylation is 2. The lowest BCUT2D eigenvalue weighted by Crippen LogP contribution is -2.50. The number of carbonyl (C=O) groups excluding carboxylic acids is 1. The first-order valence-electron chi connectivity index (χ1n) is 7.76. The molecule has 1 aromatic heterocycles. The van der Waals surface area contributed by atoms with Gasteiger partial charge in [0.1, 0.15) is 0 Å². The molecule has 1 fully saturated rings. The third-order valence-corrected chi connectivity index (χ3v) is 4.26. The smallest absolute Gasteiger partial charge is 0.256 e. The quantitative estimate of drug-likeness (QED) is 0.812. The lowest BCUT2D eigenvalue weighted by atomic mass is 10.1. The predicted molar refractivity (Wildman–Crippen MR) is 87.1 cm³/mol. The van der Waals surface area contributed by atoms with Crippen LogP contribution in [0.2, 0.25) is 0 Å². The van der Waals surface area contributed by atoms with E-state index in [0.717, 1.165) is 16.6 Å². The molecule has 2 atom stereocenters. The van der Waals surface area contributed by atoms with E-state index >= 15 is 0 Å². The highest BCUT2D eigenvalue weighted by atomic mass is 16.5. The van der Waals surface area contributed by atoms with Crippen molar-refractivity contribution in [2.24, 2.45) is 0 Å². The van der Waals surface area contributed by atoms with Crippen molar-refractivity contribution >= 4 is 16.8 Å². The topological polar surface area (TPSA) is 42.4 Å². The molecule has 1 aromatic carbocycles. The van der Waals surface area contributed by atoms with Crippen LogP contribution in [0.15, 0.2) is 24.3 Å². The monoisotopic (exact) mass is 298 g/mol. The Morgan fingerprint density at radius 3 is 2.82 bits per heavy atom. The van der Waals surface area contributed by atoms with Crippen molar-refractivity contribution in [3.8, 4) is 0 Å². The van der Waals surface area contributed by atoms with Gasteiger partial charge in [-0.15, -0.1) is 0 Å². The molecule has 1 aliphatic heterocycles. The highest BCUT2D eigenvalue weighted by molar-refractivity contribution is 5.99. The van der Waals surface area contributed by atoms with Crippen molar-refractivity contribution in [3.63, 3.8) is 0 Å². The Labute approximate surface area is 131 Å². The highest BCUT2D eigenvalue weighted by Gasteiger charge is 2.29. The molecule has 0 aliphatic carbocycles. The number of hydrogen-bond donors (Lipinski definition) is 0. The number of pyridine rings is 1. The van der Waals surface area contributed by atoms with E-state index in [1.54, 1.807) is 0 Å². The molecule has 0 spiro atoms. The van der Waals surface area contributed by atoms with E-state index in [1.807, 2.05) is 50.8 Å². The summed E-state index contributed by atoms with van der Waals surface area (Å²) in [5.74, 6) is 0.0519. The van der Waals surface area contributed by atoms with Gasteiger partial charge in [0.25, 0.3) is 5.91 Å². The molecule has 4 nitrogen and oxygen atoms in total. The number of fused-ring (bicyclic) bond motifs is 1. The standard InChI is InChI=1S/C18H22N2O2/c1-11-5-6-17-15(7-11)8-16(14(4)19-17)18(21)20-9-13(3)22-10-12(20)2/h5-8,12-13H,9-10H2,1-4H3. The van der Waals surface area contributed by atoms with Crippen molar-refractivity contribution in [1.82, 2.24) is 9.88 Å². The van der Waals surface area contributed by atoms with E-state index in [1.165, 1.54) is 5.56 Å². The minimum absolute atomic E-state index is 0.0519. The van der Waals surface area contributed by atoms with Gasteiger partial charge in [0.2, 0.25) is 0 Å². The maximum absolute atomic E-state index is 12.9. The van der Waals surface area contributed by atoms with Crippen LogP contribution in [0.5, 0.6) is 0 Å². The number of hydrogen-bond acceptors (Lipinski definition) is 3. The maximum Gasteiger partial charge on any atom is 0.256 e. The molecule has 22 heavy (non-hydrogen) atoms. The molecule has 2 aromatic rings. The van der Waals surface area contributed by atoms with Gasteiger partial charge >= 0.3 is 0 Å². The minimum atomic E-state index is 0.0519. The third-order valence-electron chi connectivity index (χ3n) is 4.26. The van der Waals surface area contributed by atoms with Gasteiger partial charge in [-0.1, -0.05) is 11.6 Å². The Morgan fingerprint density at radius 1 is 1.27 bits per heavy atom. The second kappa shape index (κ2) is 5.69. The zero-order chi connectivity index (χ0) is 15.9. The van der Waals surface area contributed by atoms with Crippen LogP contribution in [-0.2, 0) is 4.74 Å². The van der Waals surface area contributed by atoms with Crippen LogP contribution < -0.4 is 0 Å². The van der Waals surface area contributed by atoms with Crippen molar-refractivity contribution in [2.75, 3.05) is 13.2 Å². The molecule has 0 saturated carbocycles. The number of rotatable bonds is 1. The summed E-state index contributed by atoms with van der Waals surface area (Å²) in [6.07, 6.45) is 0.0797. The van der Waals surface area contributed by atoms with Crippen molar-refractivity contribution < 1.29 is 9.53 Å². The van der Waals surface area contributed by atoms with Crippen LogP contribution in [0.3, 0.4) is 0 Å². The molecule has 4 heteroatoms. The Morgan fingerprint density at radius 2 is 2.05 bits per heavy atom. The predicted octanol–water partition coefficient (Wildman–Crippen LogP) is 3.10. The Kier molecular flexibility index (Phi) is 3.87. The molecule has 1 saturated heterocycles. The molecule has 2 heterocycles. The lowest BCUT2D eigenvalue weighted by Gasteiger charge is -2.37. The summed E-state index contributed by atoms with van der Waals surface area (Å²) in [7, 11) is 0. The van der Waals surface area contributed by atoms with Crippen LogP contribution in [-0.4, -0.2) is 41.1 Å². The largest absolute Gasteiger partial charge is 0.375 e. The van der Waals surface area contributed by atoms with Gasteiger partial charge in [-0.2, -0.15) is 0 Å². The average molecular weight is 298 g/mol. The van der Waals surface area contributed by atoms with Crippen LogP contribution >= 0.6 is 0 Å². The zero-order valence-corrected chi connectivity index (χ0v) is 13.6. The molecular weight excluding hydrogens is 276 g/mol. The molecule has 116 valence electrons. The molecule has 0 radical (unpaired) electrons. The van der Waals surface area contributed by atoms with E-state index in [-0.39, 0.29) is 18.1 Å². The Hall–Kier alpha value is -1.94. The zero-order valence-electron chi connectivity index (χ0n) is 13.6. The summed E-state index contributed by atoms with van der Waals surface area (Å²) in [5.41, 5.74) is 3.58. The Balaban J connectivity index is 2.01. The molecule has 2 unspecified atom stereocenters. The van der Waals surface area contributed by atoms with Gasteiger partial charge in [0.15, 0.2) is 0 Å². The summed E-state index contributed by atoms with van der Waals surface area (Å²) in [6, 6.07) is 8.19. The number of nitrogens with zero attached hydrogens (tertiary/aromatic N) is 2. The van der Waals surface area contributed by atoms with Crippen molar-refractivity contribution in [2.45, 2.75) is 39.8 Å².